The molecule has 0 spiro atoms. The second-order valence-electron chi connectivity index (χ2n) is 4.90. The highest BCUT2D eigenvalue weighted by atomic mass is 35.5. The number of aryl methyl sites for hydroxylation is 1. The molecule has 1 heterocycles. The number of aromatic amines is 1. The first-order valence-electron chi connectivity index (χ1n) is 6.61. The highest BCUT2D eigenvalue weighted by Gasteiger charge is 2.08. The van der Waals surface area contributed by atoms with E-state index in [9.17, 15) is 4.79 Å². The normalized spacial score (nSPS) is 10.8. The number of benzene rings is 2. The SMILES string of the molecule is Cc1cc(Cl)cc(C(=O)NCc2nc3ccccc3[nH]2)c1. The molecule has 0 atom stereocenters. The van der Waals surface area contributed by atoms with E-state index in [4.69, 9.17) is 11.6 Å². The van der Waals surface area contributed by atoms with Crippen molar-refractivity contribution in [2.24, 2.45) is 0 Å². The lowest BCUT2D eigenvalue weighted by molar-refractivity contribution is 0.0950. The number of para-hydroxylation sites is 2. The number of nitrogens with one attached hydrogen (secondary N) is 2. The van der Waals surface area contributed by atoms with E-state index in [0.29, 0.717) is 17.1 Å². The van der Waals surface area contributed by atoms with Crippen LogP contribution in [0.3, 0.4) is 0 Å². The van der Waals surface area contributed by atoms with Gasteiger partial charge in [-0.05, 0) is 42.8 Å². The Morgan fingerprint density at radius 3 is 2.86 bits per heavy atom. The number of carbonyl (C=O) groups excluding carboxylic acids is 1. The van der Waals surface area contributed by atoms with Crippen LogP contribution in [0, 0.1) is 6.92 Å². The Hall–Kier alpha value is -2.33. The maximum atomic E-state index is 12.1. The van der Waals surface area contributed by atoms with Crippen molar-refractivity contribution in [3.8, 4) is 0 Å². The first-order chi connectivity index (χ1) is 10.1. The first-order valence-corrected chi connectivity index (χ1v) is 6.98. The number of amides is 1. The maximum absolute atomic E-state index is 12.1. The van der Waals surface area contributed by atoms with Gasteiger partial charge in [0.05, 0.1) is 17.6 Å². The van der Waals surface area contributed by atoms with Crippen molar-refractivity contribution in [3.63, 3.8) is 0 Å². The Balaban J connectivity index is 1.73. The van der Waals surface area contributed by atoms with Crippen LogP contribution >= 0.6 is 11.6 Å². The van der Waals surface area contributed by atoms with Gasteiger partial charge in [-0.1, -0.05) is 23.7 Å². The molecule has 0 unspecified atom stereocenters. The molecule has 1 amide bonds. The number of carbonyl (C=O) groups is 1. The zero-order valence-corrected chi connectivity index (χ0v) is 12.2. The minimum absolute atomic E-state index is 0.166. The predicted octanol–water partition coefficient (Wildman–Crippen LogP) is 3.45. The number of nitrogens with zero attached hydrogens (tertiary/aromatic N) is 1. The molecule has 1 aromatic heterocycles. The molecular formula is C16H14ClN3O. The minimum Gasteiger partial charge on any atom is -0.345 e. The zero-order valence-electron chi connectivity index (χ0n) is 11.5. The van der Waals surface area contributed by atoms with Gasteiger partial charge < -0.3 is 10.3 Å². The van der Waals surface area contributed by atoms with Crippen molar-refractivity contribution < 1.29 is 4.79 Å². The van der Waals surface area contributed by atoms with Crippen LogP contribution in [0.4, 0.5) is 0 Å². The summed E-state index contributed by atoms with van der Waals surface area (Å²) in [4.78, 5) is 19.7. The third kappa shape index (κ3) is 3.06. The van der Waals surface area contributed by atoms with Crippen molar-refractivity contribution in [2.45, 2.75) is 13.5 Å². The van der Waals surface area contributed by atoms with Gasteiger partial charge in [0.15, 0.2) is 0 Å². The fourth-order valence-electron chi connectivity index (χ4n) is 2.22. The monoisotopic (exact) mass is 299 g/mol. The largest absolute Gasteiger partial charge is 0.345 e. The standard InChI is InChI=1S/C16H14ClN3O/c1-10-6-11(8-12(17)7-10)16(21)18-9-15-19-13-4-2-3-5-14(13)20-15/h2-8H,9H2,1H3,(H,18,21)(H,19,20). The summed E-state index contributed by atoms with van der Waals surface area (Å²) in [6, 6.07) is 13.0. The highest BCUT2D eigenvalue weighted by Crippen LogP contribution is 2.15. The first kappa shape index (κ1) is 13.6. The summed E-state index contributed by atoms with van der Waals surface area (Å²) < 4.78 is 0. The molecular weight excluding hydrogens is 286 g/mol. The van der Waals surface area contributed by atoms with Gasteiger partial charge in [-0.2, -0.15) is 0 Å². The van der Waals surface area contributed by atoms with Crippen LogP contribution in [0.1, 0.15) is 21.7 Å². The number of fused-ring (bicyclic) bond motifs is 1. The molecule has 0 fully saturated rings. The molecule has 2 aromatic carbocycles. The molecule has 0 aliphatic rings. The lowest BCUT2D eigenvalue weighted by Crippen LogP contribution is -2.23. The molecule has 4 nitrogen and oxygen atoms in total. The van der Waals surface area contributed by atoms with E-state index in [1.54, 1.807) is 12.1 Å². The summed E-state index contributed by atoms with van der Waals surface area (Å²) in [5, 5.41) is 3.40. The van der Waals surface area contributed by atoms with Crippen LogP contribution in [-0.4, -0.2) is 15.9 Å². The van der Waals surface area contributed by atoms with Crippen LogP contribution in [0.15, 0.2) is 42.5 Å². The smallest absolute Gasteiger partial charge is 0.251 e. The third-order valence-corrected chi connectivity index (χ3v) is 3.38. The maximum Gasteiger partial charge on any atom is 0.251 e. The lowest BCUT2D eigenvalue weighted by atomic mass is 10.1. The molecule has 0 saturated heterocycles. The topological polar surface area (TPSA) is 57.8 Å². The van der Waals surface area contributed by atoms with Gasteiger partial charge in [0, 0.05) is 10.6 Å². The second kappa shape index (κ2) is 5.58. The van der Waals surface area contributed by atoms with Crippen molar-refractivity contribution in [2.75, 3.05) is 0 Å². The number of aromatic nitrogens is 2. The van der Waals surface area contributed by atoms with E-state index in [0.717, 1.165) is 22.4 Å². The van der Waals surface area contributed by atoms with Gasteiger partial charge in [-0.3, -0.25) is 4.79 Å². The van der Waals surface area contributed by atoms with Crippen molar-refractivity contribution >= 4 is 28.5 Å². The third-order valence-electron chi connectivity index (χ3n) is 3.16. The van der Waals surface area contributed by atoms with Crippen molar-refractivity contribution in [1.82, 2.24) is 15.3 Å². The number of rotatable bonds is 3. The van der Waals surface area contributed by atoms with E-state index in [-0.39, 0.29) is 5.91 Å². The summed E-state index contributed by atoms with van der Waals surface area (Å²) in [5.74, 6) is 0.560. The number of H-pyrrole nitrogens is 1. The molecule has 0 aliphatic carbocycles. The van der Waals surface area contributed by atoms with Gasteiger partial charge in [-0.15, -0.1) is 0 Å². The Bertz CT molecular complexity index is 757. The van der Waals surface area contributed by atoms with E-state index < -0.39 is 0 Å². The molecule has 106 valence electrons. The van der Waals surface area contributed by atoms with Gasteiger partial charge in [0.2, 0.25) is 0 Å². The van der Waals surface area contributed by atoms with Gasteiger partial charge >= 0.3 is 0 Å². The number of imidazole rings is 1. The predicted molar refractivity (Wildman–Crippen MR) is 83.5 cm³/mol. The molecule has 0 saturated carbocycles. The Labute approximate surface area is 127 Å². The summed E-state index contributed by atoms with van der Waals surface area (Å²) in [6.45, 7) is 2.25. The van der Waals surface area contributed by atoms with Gasteiger partial charge in [0.1, 0.15) is 5.82 Å². The molecule has 3 rings (SSSR count). The molecule has 0 aliphatic heterocycles. The summed E-state index contributed by atoms with van der Waals surface area (Å²) >= 11 is 5.97. The minimum atomic E-state index is -0.166. The molecule has 21 heavy (non-hydrogen) atoms. The number of halogens is 1. The summed E-state index contributed by atoms with van der Waals surface area (Å²) in [7, 11) is 0. The van der Waals surface area contributed by atoms with Gasteiger partial charge in [-0.25, -0.2) is 4.98 Å². The second-order valence-corrected chi connectivity index (χ2v) is 5.34. The van der Waals surface area contributed by atoms with Gasteiger partial charge in [0.25, 0.3) is 5.91 Å². The average Bonchev–Trinajstić information content (AvgIpc) is 2.86. The molecule has 0 bridgehead atoms. The number of hydrogen-bond acceptors (Lipinski definition) is 2. The van der Waals surface area contributed by atoms with Crippen LogP contribution in [0.2, 0.25) is 5.02 Å². The Kier molecular flexibility index (Phi) is 3.62. The molecule has 5 heteroatoms. The van der Waals surface area contributed by atoms with E-state index in [2.05, 4.69) is 15.3 Å². The molecule has 2 N–H and O–H groups in total. The Morgan fingerprint density at radius 1 is 1.29 bits per heavy atom. The Morgan fingerprint density at radius 2 is 2.10 bits per heavy atom. The van der Waals surface area contributed by atoms with Crippen LogP contribution in [-0.2, 0) is 6.54 Å². The van der Waals surface area contributed by atoms with Crippen LogP contribution < -0.4 is 5.32 Å². The average molecular weight is 300 g/mol. The number of hydrogen-bond donors (Lipinski definition) is 2. The van der Waals surface area contributed by atoms with E-state index >= 15 is 0 Å². The summed E-state index contributed by atoms with van der Waals surface area (Å²) in [5.41, 5.74) is 3.35. The zero-order chi connectivity index (χ0) is 14.8. The molecule has 0 radical (unpaired) electrons. The quantitative estimate of drug-likeness (QED) is 0.778. The van der Waals surface area contributed by atoms with E-state index in [1.807, 2.05) is 37.3 Å². The molecule has 3 aromatic rings. The van der Waals surface area contributed by atoms with Crippen LogP contribution in [0.5, 0.6) is 0 Å². The fourth-order valence-corrected chi connectivity index (χ4v) is 2.51. The summed E-state index contributed by atoms with van der Waals surface area (Å²) in [6.07, 6.45) is 0. The highest BCUT2D eigenvalue weighted by molar-refractivity contribution is 6.31. The van der Waals surface area contributed by atoms with Crippen molar-refractivity contribution in [1.29, 1.82) is 0 Å². The van der Waals surface area contributed by atoms with Crippen molar-refractivity contribution in [3.05, 3.63) is 64.4 Å². The van der Waals surface area contributed by atoms with Crippen LogP contribution in [0.25, 0.3) is 11.0 Å². The fraction of sp³-hybridized carbons (Fsp3) is 0.125. The lowest BCUT2D eigenvalue weighted by Gasteiger charge is -2.05. The van der Waals surface area contributed by atoms with E-state index in [1.165, 1.54) is 0 Å².